The normalized spacial score (nSPS) is 11.2. The topological polar surface area (TPSA) is 47.8 Å². The summed E-state index contributed by atoms with van der Waals surface area (Å²) in [5.41, 5.74) is 0.645. The molecule has 0 N–H and O–H groups in total. The molecule has 0 fully saturated rings. The van der Waals surface area contributed by atoms with Gasteiger partial charge in [-0.15, -0.1) is 0 Å². The van der Waals surface area contributed by atoms with E-state index >= 15 is 0 Å². The van der Waals surface area contributed by atoms with E-state index in [1.165, 1.54) is 42.1 Å². The number of fused-ring (bicyclic) bond motifs is 1. The van der Waals surface area contributed by atoms with E-state index < -0.39 is 22.9 Å². The smallest absolute Gasteiger partial charge is 0.256 e. The monoisotopic (exact) mass is 413 g/mol. The van der Waals surface area contributed by atoms with E-state index in [0.29, 0.717) is 27.4 Å². The van der Waals surface area contributed by atoms with Gasteiger partial charge < -0.3 is 0 Å². The van der Waals surface area contributed by atoms with Crippen LogP contribution in [-0.4, -0.2) is 20.8 Å². The highest BCUT2D eigenvalue weighted by Gasteiger charge is 2.20. The van der Waals surface area contributed by atoms with E-state index in [9.17, 15) is 18.0 Å². The number of halogens is 3. The van der Waals surface area contributed by atoms with E-state index in [-0.39, 0.29) is 11.5 Å². The average molecular weight is 413 g/mol. The van der Waals surface area contributed by atoms with Crippen LogP contribution in [0, 0.1) is 24.4 Å². The first-order valence-electron chi connectivity index (χ1n) is 8.59. The standard InChI is InChI=1S/C21H14F3N3OS/c1-11-10-12(22)6-7-13(11)18-14-8-9-17(28)27(20(14)26-21(25-18)29-2)19-15(23)4-3-5-16(19)24/h3-10H,1-2H3. The predicted molar refractivity (Wildman–Crippen MR) is 107 cm³/mol. The summed E-state index contributed by atoms with van der Waals surface area (Å²) in [6.45, 7) is 1.73. The van der Waals surface area contributed by atoms with Crippen molar-refractivity contribution in [1.82, 2.24) is 14.5 Å². The highest BCUT2D eigenvalue weighted by molar-refractivity contribution is 7.98. The summed E-state index contributed by atoms with van der Waals surface area (Å²) in [6, 6.07) is 10.3. The fourth-order valence-corrected chi connectivity index (χ4v) is 3.56. The van der Waals surface area contributed by atoms with Crippen LogP contribution in [0.5, 0.6) is 0 Å². The van der Waals surface area contributed by atoms with Crippen LogP contribution >= 0.6 is 11.8 Å². The molecule has 0 atom stereocenters. The van der Waals surface area contributed by atoms with Gasteiger partial charge in [0, 0.05) is 17.0 Å². The van der Waals surface area contributed by atoms with Crippen LogP contribution in [0.2, 0.25) is 0 Å². The lowest BCUT2D eigenvalue weighted by atomic mass is 10.0. The maximum Gasteiger partial charge on any atom is 0.256 e. The summed E-state index contributed by atoms with van der Waals surface area (Å²) in [5.74, 6) is -2.16. The van der Waals surface area contributed by atoms with Crippen LogP contribution < -0.4 is 5.56 Å². The molecule has 0 saturated carbocycles. The zero-order valence-corrected chi connectivity index (χ0v) is 16.2. The van der Waals surface area contributed by atoms with Gasteiger partial charge in [-0.25, -0.2) is 23.1 Å². The number of thioether (sulfide) groups is 1. The Morgan fingerprint density at radius 3 is 2.34 bits per heavy atom. The maximum absolute atomic E-state index is 14.5. The van der Waals surface area contributed by atoms with Crippen molar-refractivity contribution in [3.8, 4) is 16.9 Å². The highest BCUT2D eigenvalue weighted by Crippen LogP contribution is 2.31. The Morgan fingerprint density at radius 2 is 1.69 bits per heavy atom. The number of aryl methyl sites for hydroxylation is 1. The second-order valence-corrected chi connectivity index (χ2v) is 7.11. The Hall–Kier alpha value is -3.13. The van der Waals surface area contributed by atoms with Crippen LogP contribution in [0.1, 0.15) is 5.56 Å². The molecular weight excluding hydrogens is 399 g/mol. The van der Waals surface area contributed by atoms with Crippen LogP contribution in [-0.2, 0) is 0 Å². The molecule has 4 rings (SSSR count). The molecule has 2 aromatic heterocycles. The van der Waals surface area contributed by atoms with Crippen molar-refractivity contribution >= 4 is 22.8 Å². The van der Waals surface area contributed by atoms with Crippen molar-refractivity contribution in [2.45, 2.75) is 12.1 Å². The molecule has 4 nitrogen and oxygen atoms in total. The lowest BCUT2D eigenvalue weighted by Crippen LogP contribution is -2.21. The number of nitrogens with zero attached hydrogens (tertiary/aromatic N) is 3. The van der Waals surface area contributed by atoms with Gasteiger partial charge in [0.05, 0.1) is 5.69 Å². The Balaban J connectivity index is 2.16. The Labute approximate surface area is 168 Å². The largest absolute Gasteiger partial charge is 0.269 e. The Bertz CT molecular complexity index is 1300. The first kappa shape index (κ1) is 19.2. The third-order valence-corrected chi connectivity index (χ3v) is 5.06. The second-order valence-electron chi connectivity index (χ2n) is 6.33. The van der Waals surface area contributed by atoms with Gasteiger partial charge >= 0.3 is 0 Å². The van der Waals surface area contributed by atoms with E-state index in [1.54, 1.807) is 19.2 Å². The molecule has 0 bridgehead atoms. The van der Waals surface area contributed by atoms with Crippen molar-refractivity contribution in [3.63, 3.8) is 0 Å². The van der Waals surface area contributed by atoms with Crippen molar-refractivity contribution in [2.75, 3.05) is 6.26 Å². The molecule has 0 aliphatic rings. The molecule has 8 heteroatoms. The summed E-state index contributed by atoms with van der Waals surface area (Å²) in [4.78, 5) is 21.5. The van der Waals surface area contributed by atoms with Gasteiger partial charge in [0.25, 0.3) is 5.56 Å². The minimum Gasteiger partial charge on any atom is -0.269 e. The van der Waals surface area contributed by atoms with Gasteiger partial charge in [-0.3, -0.25) is 9.36 Å². The molecule has 0 aliphatic heterocycles. The molecule has 146 valence electrons. The first-order chi connectivity index (χ1) is 13.9. The van der Waals surface area contributed by atoms with E-state index in [4.69, 9.17) is 0 Å². The summed E-state index contributed by atoms with van der Waals surface area (Å²) < 4.78 is 43.4. The fraction of sp³-hybridized carbons (Fsp3) is 0.0952. The molecule has 0 saturated heterocycles. The first-order valence-corrected chi connectivity index (χ1v) is 9.82. The Morgan fingerprint density at radius 1 is 0.966 bits per heavy atom. The molecule has 2 aromatic carbocycles. The molecule has 0 unspecified atom stereocenters. The minimum absolute atomic E-state index is 0.0691. The summed E-state index contributed by atoms with van der Waals surface area (Å²) in [7, 11) is 0. The lowest BCUT2D eigenvalue weighted by molar-refractivity contribution is 0.568. The molecule has 0 aliphatic carbocycles. The summed E-state index contributed by atoms with van der Waals surface area (Å²) in [5, 5.41) is 0.729. The van der Waals surface area contributed by atoms with Gasteiger partial charge in [0.15, 0.2) is 10.8 Å². The quantitative estimate of drug-likeness (QED) is 0.354. The molecule has 0 amide bonds. The van der Waals surface area contributed by atoms with Crippen LogP contribution in [0.15, 0.2) is 58.5 Å². The zero-order chi connectivity index (χ0) is 20.7. The number of hydrogen-bond donors (Lipinski definition) is 0. The van der Waals surface area contributed by atoms with Gasteiger partial charge in [-0.2, -0.15) is 0 Å². The van der Waals surface area contributed by atoms with Crippen LogP contribution in [0.25, 0.3) is 28.0 Å². The second kappa shape index (κ2) is 7.36. The van der Waals surface area contributed by atoms with Crippen molar-refractivity contribution in [3.05, 3.63) is 81.9 Å². The van der Waals surface area contributed by atoms with E-state index in [0.717, 1.165) is 16.7 Å². The lowest BCUT2D eigenvalue weighted by Gasteiger charge is -2.15. The zero-order valence-electron chi connectivity index (χ0n) is 15.4. The molecule has 0 spiro atoms. The SMILES string of the molecule is CSc1nc(-c2ccc(F)cc2C)c2ccc(=O)n(-c3c(F)cccc3F)c2n1. The van der Waals surface area contributed by atoms with Crippen LogP contribution in [0.3, 0.4) is 0 Å². The minimum atomic E-state index is -0.886. The maximum atomic E-state index is 14.5. The molecule has 29 heavy (non-hydrogen) atoms. The number of aromatic nitrogens is 3. The van der Waals surface area contributed by atoms with E-state index in [1.807, 2.05) is 0 Å². The molecular formula is C21H14F3N3OS. The summed E-state index contributed by atoms with van der Waals surface area (Å²) >= 11 is 1.22. The fourth-order valence-electron chi connectivity index (χ4n) is 3.20. The van der Waals surface area contributed by atoms with Crippen LogP contribution in [0.4, 0.5) is 13.2 Å². The number of pyridine rings is 1. The van der Waals surface area contributed by atoms with Gasteiger partial charge in [-0.05, 0) is 55.1 Å². The summed E-state index contributed by atoms with van der Waals surface area (Å²) in [6.07, 6.45) is 1.75. The van der Waals surface area contributed by atoms with Crippen molar-refractivity contribution in [2.24, 2.45) is 0 Å². The molecule has 2 heterocycles. The van der Waals surface area contributed by atoms with Crippen molar-refractivity contribution in [1.29, 1.82) is 0 Å². The highest BCUT2D eigenvalue weighted by atomic mass is 32.2. The number of para-hydroxylation sites is 1. The van der Waals surface area contributed by atoms with E-state index in [2.05, 4.69) is 9.97 Å². The predicted octanol–water partition coefficient (Wildman–Crippen LogP) is 4.90. The third kappa shape index (κ3) is 3.29. The molecule has 4 aromatic rings. The van der Waals surface area contributed by atoms with Crippen molar-refractivity contribution < 1.29 is 13.2 Å². The Kier molecular flexibility index (Phi) is 4.87. The molecule has 0 radical (unpaired) electrons. The average Bonchev–Trinajstić information content (AvgIpc) is 2.68. The number of benzene rings is 2. The number of hydrogen-bond acceptors (Lipinski definition) is 4. The number of rotatable bonds is 3. The van der Waals surface area contributed by atoms with Gasteiger partial charge in [-0.1, -0.05) is 17.8 Å². The third-order valence-electron chi connectivity index (χ3n) is 4.52. The van der Waals surface area contributed by atoms with Gasteiger partial charge in [0.1, 0.15) is 23.1 Å². The van der Waals surface area contributed by atoms with Gasteiger partial charge in [0.2, 0.25) is 0 Å².